The van der Waals surface area contributed by atoms with Gasteiger partial charge in [-0.3, -0.25) is 9.59 Å². The van der Waals surface area contributed by atoms with Crippen molar-refractivity contribution in [1.29, 1.82) is 0 Å². The van der Waals surface area contributed by atoms with E-state index < -0.39 is 6.04 Å². The van der Waals surface area contributed by atoms with Gasteiger partial charge in [-0.05, 0) is 37.1 Å². The zero-order valence-corrected chi connectivity index (χ0v) is 14.0. The van der Waals surface area contributed by atoms with Crippen LogP contribution in [-0.2, 0) is 4.79 Å². The predicted molar refractivity (Wildman–Crippen MR) is 92.2 cm³/mol. The van der Waals surface area contributed by atoms with E-state index in [1.165, 1.54) is 0 Å². The minimum absolute atomic E-state index is 0.128. The van der Waals surface area contributed by atoms with Crippen molar-refractivity contribution in [3.8, 4) is 0 Å². The lowest BCUT2D eigenvalue weighted by Gasteiger charge is -2.18. The lowest BCUT2D eigenvalue weighted by atomic mass is 10.1. The van der Waals surface area contributed by atoms with Gasteiger partial charge in [0.1, 0.15) is 6.04 Å². The fourth-order valence-electron chi connectivity index (χ4n) is 1.91. The molecule has 0 saturated heterocycles. The van der Waals surface area contributed by atoms with E-state index in [0.29, 0.717) is 18.5 Å². The molecule has 22 heavy (non-hydrogen) atoms. The quantitative estimate of drug-likeness (QED) is 0.567. The third kappa shape index (κ3) is 6.95. The molecule has 1 aromatic carbocycles. The van der Waals surface area contributed by atoms with Gasteiger partial charge in [-0.2, -0.15) is 11.8 Å². The molecule has 0 spiro atoms. The van der Waals surface area contributed by atoms with Gasteiger partial charge in [0.25, 0.3) is 5.91 Å². The Morgan fingerprint density at radius 3 is 2.55 bits per heavy atom. The average Bonchev–Trinajstić information content (AvgIpc) is 2.55. The smallest absolute Gasteiger partial charge is 0.251 e. The third-order valence-electron chi connectivity index (χ3n) is 3.12. The molecule has 6 heteroatoms. The Labute approximate surface area is 136 Å². The van der Waals surface area contributed by atoms with Crippen LogP contribution in [0.5, 0.6) is 0 Å². The average molecular weight is 323 g/mol. The first kappa shape index (κ1) is 18.5. The SMILES string of the molecule is CCNCCNC(=O)C(CCSC)NC(=O)c1ccccc1. The first-order chi connectivity index (χ1) is 10.7. The molecule has 1 unspecified atom stereocenters. The highest BCUT2D eigenvalue weighted by Crippen LogP contribution is 2.04. The molecule has 1 atom stereocenters. The van der Waals surface area contributed by atoms with Crippen LogP contribution in [-0.4, -0.2) is 49.5 Å². The largest absolute Gasteiger partial charge is 0.353 e. The Balaban J connectivity index is 2.55. The summed E-state index contributed by atoms with van der Waals surface area (Å²) in [4.78, 5) is 24.4. The molecule has 0 fully saturated rings. The summed E-state index contributed by atoms with van der Waals surface area (Å²) in [6.07, 6.45) is 2.60. The lowest BCUT2D eigenvalue weighted by Crippen LogP contribution is -2.48. The second-order valence-corrected chi connectivity index (χ2v) is 5.80. The standard InChI is InChI=1S/C16H25N3O2S/c1-3-17-10-11-18-16(21)14(9-12-22-2)19-15(20)13-7-5-4-6-8-13/h4-8,14,17H,3,9-12H2,1-2H3,(H,18,21)(H,19,20). The number of rotatable bonds is 10. The van der Waals surface area contributed by atoms with E-state index in [0.717, 1.165) is 18.8 Å². The number of thioether (sulfide) groups is 1. The monoisotopic (exact) mass is 323 g/mol. The molecule has 5 nitrogen and oxygen atoms in total. The van der Waals surface area contributed by atoms with E-state index in [-0.39, 0.29) is 11.8 Å². The second kappa shape index (κ2) is 11.1. The normalized spacial score (nSPS) is 11.7. The fraction of sp³-hybridized carbons (Fsp3) is 0.500. The van der Waals surface area contributed by atoms with Crippen molar-refractivity contribution in [3.05, 3.63) is 35.9 Å². The zero-order chi connectivity index (χ0) is 16.2. The van der Waals surface area contributed by atoms with Gasteiger partial charge in [0.2, 0.25) is 5.91 Å². The molecule has 122 valence electrons. The number of hydrogen-bond acceptors (Lipinski definition) is 4. The van der Waals surface area contributed by atoms with Crippen LogP contribution in [0.15, 0.2) is 30.3 Å². The zero-order valence-electron chi connectivity index (χ0n) is 13.2. The molecule has 0 aliphatic rings. The van der Waals surface area contributed by atoms with E-state index in [1.807, 2.05) is 31.4 Å². The summed E-state index contributed by atoms with van der Waals surface area (Å²) in [5, 5.41) is 8.83. The summed E-state index contributed by atoms with van der Waals surface area (Å²) in [6, 6.07) is 8.45. The van der Waals surface area contributed by atoms with E-state index >= 15 is 0 Å². The highest BCUT2D eigenvalue weighted by atomic mass is 32.2. The molecule has 3 N–H and O–H groups in total. The Kier molecular flexibility index (Phi) is 9.34. The molecule has 0 saturated carbocycles. The lowest BCUT2D eigenvalue weighted by molar-refractivity contribution is -0.122. The van der Waals surface area contributed by atoms with Crippen LogP contribution in [0.3, 0.4) is 0 Å². The van der Waals surface area contributed by atoms with Crippen molar-refractivity contribution in [2.75, 3.05) is 31.6 Å². The van der Waals surface area contributed by atoms with E-state index in [2.05, 4.69) is 16.0 Å². The third-order valence-corrected chi connectivity index (χ3v) is 3.76. The molecule has 1 aromatic rings. The highest BCUT2D eigenvalue weighted by Gasteiger charge is 2.20. The highest BCUT2D eigenvalue weighted by molar-refractivity contribution is 7.98. The first-order valence-corrected chi connectivity index (χ1v) is 8.91. The first-order valence-electron chi connectivity index (χ1n) is 7.52. The number of hydrogen-bond donors (Lipinski definition) is 3. The van der Waals surface area contributed by atoms with Gasteiger partial charge in [-0.15, -0.1) is 0 Å². The molecule has 0 heterocycles. The summed E-state index contributed by atoms with van der Waals surface area (Å²) >= 11 is 1.66. The predicted octanol–water partition coefficient (Wildman–Crippen LogP) is 1.26. The minimum atomic E-state index is -0.498. The van der Waals surface area contributed by atoms with Gasteiger partial charge in [-0.1, -0.05) is 25.1 Å². The second-order valence-electron chi connectivity index (χ2n) is 4.82. The maximum atomic E-state index is 12.2. The number of benzene rings is 1. The minimum Gasteiger partial charge on any atom is -0.353 e. The summed E-state index contributed by atoms with van der Waals surface area (Å²) in [5.41, 5.74) is 0.567. The van der Waals surface area contributed by atoms with Crippen LogP contribution >= 0.6 is 11.8 Å². The summed E-state index contributed by atoms with van der Waals surface area (Å²) in [6.45, 7) is 4.17. The van der Waals surface area contributed by atoms with Gasteiger partial charge in [-0.25, -0.2) is 0 Å². The van der Waals surface area contributed by atoms with Crippen molar-refractivity contribution in [1.82, 2.24) is 16.0 Å². The molecule has 0 aliphatic carbocycles. The van der Waals surface area contributed by atoms with E-state index in [1.54, 1.807) is 23.9 Å². The Morgan fingerprint density at radius 1 is 1.18 bits per heavy atom. The van der Waals surface area contributed by atoms with Crippen LogP contribution in [0.25, 0.3) is 0 Å². The molecule has 0 radical (unpaired) electrons. The number of carbonyl (C=O) groups is 2. The van der Waals surface area contributed by atoms with Crippen molar-refractivity contribution in [2.24, 2.45) is 0 Å². The molecule has 0 aromatic heterocycles. The van der Waals surface area contributed by atoms with Crippen LogP contribution in [0, 0.1) is 0 Å². The molecular formula is C16H25N3O2S. The van der Waals surface area contributed by atoms with Gasteiger partial charge in [0.15, 0.2) is 0 Å². The van der Waals surface area contributed by atoms with E-state index in [9.17, 15) is 9.59 Å². The van der Waals surface area contributed by atoms with Crippen LogP contribution < -0.4 is 16.0 Å². The van der Waals surface area contributed by atoms with Gasteiger partial charge >= 0.3 is 0 Å². The number of carbonyl (C=O) groups excluding carboxylic acids is 2. The van der Waals surface area contributed by atoms with Gasteiger partial charge in [0.05, 0.1) is 0 Å². The fourth-order valence-corrected chi connectivity index (χ4v) is 2.38. The van der Waals surface area contributed by atoms with Crippen molar-refractivity contribution in [2.45, 2.75) is 19.4 Å². The van der Waals surface area contributed by atoms with Crippen molar-refractivity contribution >= 4 is 23.6 Å². The number of likely N-dealkylation sites (N-methyl/N-ethyl adjacent to an activating group) is 1. The van der Waals surface area contributed by atoms with Crippen LogP contribution in [0.4, 0.5) is 0 Å². The summed E-state index contributed by atoms with van der Waals surface area (Å²) < 4.78 is 0. The molecule has 0 bridgehead atoms. The maximum Gasteiger partial charge on any atom is 0.251 e. The van der Waals surface area contributed by atoms with E-state index in [4.69, 9.17) is 0 Å². The van der Waals surface area contributed by atoms with Crippen molar-refractivity contribution in [3.63, 3.8) is 0 Å². The van der Waals surface area contributed by atoms with Gasteiger partial charge < -0.3 is 16.0 Å². The molecule has 0 aliphatic heterocycles. The molecule has 2 amide bonds. The molecular weight excluding hydrogens is 298 g/mol. The summed E-state index contributed by atoms with van der Waals surface area (Å²) in [7, 11) is 0. The van der Waals surface area contributed by atoms with Crippen molar-refractivity contribution < 1.29 is 9.59 Å². The Bertz CT molecular complexity index is 454. The number of amides is 2. The van der Waals surface area contributed by atoms with Crippen LogP contribution in [0.1, 0.15) is 23.7 Å². The Morgan fingerprint density at radius 2 is 1.91 bits per heavy atom. The topological polar surface area (TPSA) is 70.2 Å². The molecule has 1 rings (SSSR count). The van der Waals surface area contributed by atoms with Crippen LogP contribution in [0.2, 0.25) is 0 Å². The number of nitrogens with one attached hydrogen (secondary N) is 3. The summed E-state index contributed by atoms with van der Waals surface area (Å²) in [5.74, 6) is 0.477. The van der Waals surface area contributed by atoms with Gasteiger partial charge in [0, 0.05) is 18.7 Å². The Hall–Kier alpha value is -1.53. The maximum absolute atomic E-state index is 12.2.